The Morgan fingerprint density at radius 3 is 2.80 bits per heavy atom. The Hall–Kier alpha value is -0.770. The number of ether oxygens (including phenoxy) is 2. The van der Waals surface area contributed by atoms with Crippen molar-refractivity contribution in [1.82, 2.24) is 5.32 Å². The van der Waals surface area contributed by atoms with Crippen LogP contribution in [-0.4, -0.2) is 27.4 Å². The van der Waals surface area contributed by atoms with E-state index in [1.165, 1.54) is 0 Å². The summed E-state index contributed by atoms with van der Waals surface area (Å²) in [6.45, 7) is 2.23. The highest BCUT2D eigenvalue weighted by atomic mass is 35.5. The number of rotatable bonds is 6. The zero-order valence-electron chi connectivity index (χ0n) is 9.05. The van der Waals surface area contributed by atoms with Gasteiger partial charge in [0.25, 0.3) is 0 Å². The van der Waals surface area contributed by atoms with Crippen molar-refractivity contribution in [2.75, 3.05) is 27.4 Å². The van der Waals surface area contributed by atoms with Crippen LogP contribution in [0.4, 0.5) is 0 Å². The Morgan fingerprint density at radius 2 is 2.13 bits per heavy atom. The van der Waals surface area contributed by atoms with Crippen LogP contribution in [-0.2, 0) is 11.3 Å². The average Bonchev–Trinajstić information content (AvgIpc) is 2.26. The predicted octanol–water partition coefficient (Wildman–Crippen LogP) is 2.08. The Labute approximate surface area is 95.3 Å². The Bertz CT molecular complexity index is 305. The van der Waals surface area contributed by atoms with E-state index in [0.717, 1.165) is 18.7 Å². The SMILES string of the molecule is COCCNCc1cccc(OC)c1Cl. The first-order chi connectivity index (χ1) is 7.29. The lowest BCUT2D eigenvalue weighted by molar-refractivity contribution is 0.199. The zero-order valence-corrected chi connectivity index (χ0v) is 9.80. The van der Waals surface area contributed by atoms with Gasteiger partial charge in [0.1, 0.15) is 5.75 Å². The van der Waals surface area contributed by atoms with E-state index >= 15 is 0 Å². The van der Waals surface area contributed by atoms with Gasteiger partial charge in [0.05, 0.1) is 18.7 Å². The lowest BCUT2D eigenvalue weighted by atomic mass is 10.2. The summed E-state index contributed by atoms with van der Waals surface area (Å²) >= 11 is 6.13. The van der Waals surface area contributed by atoms with Gasteiger partial charge in [-0.3, -0.25) is 0 Å². The van der Waals surface area contributed by atoms with E-state index in [4.69, 9.17) is 21.1 Å². The lowest BCUT2D eigenvalue weighted by Gasteiger charge is -2.09. The molecule has 15 heavy (non-hydrogen) atoms. The van der Waals surface area contributed by atoms with E-state index in [1.807, 2.05) is 18.2 Å². The summed E-state index contributed by atoms with van der Waals surface area (Å²) in [7, 11) is 3.30. The van der Waals surface area contributed by atoms with E-state index in [9.17, 15) is 0 Å². The van der Waals surface area contributed by atoms with Gasteiger partial charge < -0.3 is 14.8 Å². The molecule has 1 rings (SSSR count). The molecule has 0 spiro atoms. The zero-order chi connectivity index (χ0) is 11.1. The van der Waals surface area contributed by atoms with Crippen LogP contribution in [0.25, 0.3) is 0 Å². The van der Waals surface area contributed by atoms with Gasteiger partial charge in [0.15, 0.2) is 0 Å². The second-order valence-electron chi connectivity index (χ2n) is 3.10. The number of nitrogens with one attached hydrogen (secondary N) is 1. The molecule has 84 valence electrons. The van der Waals surface area contributed by atoms with Crippen LogP contribution < -0.4 is 10.1 Å². The smallest absolute Gasteiger partial charge is 0.137 e. The van der Waals surface area contributed by atoms with Crippen molar-refractivity contribution in [3.63, 3.8) is 0 Å². The molecule has 0 fully saturated rings. The van der Waals surface area contributed by atoms with E-state index in [-0.39, 0.29) is 0 Å². The fourth-order valence-corrected chi connectivity index (χ4v) is 1.52. The van der Waals surface area contributed by atoms with E-state index in [0.29, 0.717) is 17.4 Å². The standard InChI is InChI=1S/C11H16ClNO2/c1-14-7-6-13-8-9-4-3-5-10(15-2)11(9)12/h3-5,13H,6-8H2,1-2H3. The van der Waals surface area contributed by atoms with Crippen LogP contribution in [0.1, 0.15) is 5.56 Å². The first-order valence-electron chi connectivity index (χ1n) is 4.80. The molecule has 0 bridgehead atoms. The van der Waals surface area contributed by atoms with Gasteiger partial charge in [-0.25, -0.2) is 0 Å². The van der Waals surface area contributed by atoms with Gasteiger partial charge in [-0.15, -0.1) is 0 Å². The van der Waals surface area contributed by atoms with Gasteiger partial charge in [0.2, 0.25) is 0 Å². The molecule has 0 radical (unpaired) electrons. The van der Waals surface area contributed by atoms with Crippen molar-refractivity contribution in [1.29, 1.82) is 0 Å². The number of benzene rings is 1. The molecule has 0 heterocycles. The summed E-state index contributed by atoms with van der Waals surface area (Å²) in [5.41, 5.74) is 1.03. The van der Waals surface area contributed by atoms with Gasteiger partial charge in [0, 0.05) is 20.2 Å². The normalized spacial score (nSPS) is 10.3. The summed E-state index contributed by atoms with van der Waals surface area (Å²) < 4.78 is 10.1. The molecule has 1 aromatic rings. The largest absolute Gasteiger partial charge is 0.495 e. The third-order valence-electron chi connectivity index (χ3n) is 2.06. The molecule has 3 nitrogen and oxygen atoms in total. The summed E-state index contributed by atoms with van der Waals surface area (Å²) in [5, 5.41) is 3.90. The second kappa shape index (κ2) is 6.67. The van der Waals surface area contributed by atoms with Crippen LogP contribution in [0.15, 0.2) is 18.2 Å². The minimum absolute atomic E-state index is 0.671. The quantitative estimate of drug-likeness (QED) is 0.758. The molecular formula is C11H16ClNO2. The minimum atomic E-state index is 0.671. The molecule has 1 aromatic carbocycles. The van der Waals surface area contributed by atoms with Gasteiger partial charge in [-0.05, 0) is 11.6 Å². The van der Waals surface area contributed by atoms with Crippen molar-refractivity contribution in [2.24, 2.45) is 0 Å². The third kappa shape index (κ3) is 3.70. The van der Waals surface area contributed by atoms with Gasteiger partial charge in [-0.2, -0.15) is 0 Å². The maximum Gasteiger partial charge on any atom is 0.137 e. The molecule has 0 aliphatic rings. The van der Waals surface area contributed by atoms with Crippen LogP contribution in [0.2, 0.25) is 5.02 Å². The summed E-state index contributed by atoms with van der Waals surface area (Å²) in [5.74, 6) is 0.711. The maximum atomic E-state index is 6.13. The molecule has 0 aliphatic carbocycles. The fourth-order valence-electron chi connectivity index (χ4n) is 1.25. The Kier molecular flexibility index (Phi) is 5.47. The first kappa shape index (κ1) is 12.3. The van der Waals surface area contributed by atoms with E-state index in [1.54, 1.807) is 14.2 Å². The van der Waals surface area contributed by atoms with E-state index < -0.39 is 0 Å². The average molecular weight is 230 g/mol. The molecule has 0 aromatic heterocycles. The monoisotopic (exact) mass is 229 g/mol. The first-order valence-corrected chi connectivity index (χ1v) is 5.18. The van der Waals surface area contributed by atoms with Crippen molar-refractivity contribution >= 4 is 11.6 Å². The van der Waals surface area contributed by atoms with Gasteiger partial charge >= 0.3 is 0 Å². The summed E-state index contributed by atoms with van der Waals surface area (Å²) in [6, 6.07) is 5.75. The minimum Gasteiger partial charge on any atom is -0.495 e. The van der Waals surface area contributed by atoms with Crippen LogP contribution in [0.3, 0.4) is 0 Å². The molecular weight excluding hydrogens is 214 g/mol. The molecule has 0 aliphatic heterocycles. The highest BCUT2D eigenvalue weighted by Gasteiger charge is 2.05. The van der Waals surface area contributed by atoms with Crippen LogP contribution in [0.5, 0.6) is 5.75 Å². The summed E-state index contributed by atoms with van der Waals surface area (Å²) in [4.78, 5) is 0. The molecule has 0 saturated carbocycles. The van der Waals surface area contributed by atoms with Gasteiger partial charge in [-0.1, -0.05) is 23.7 Å². The lowest BCUT2D eigenvalue weighted by Crippen LogP contribution is -2.18. The Morgan fingerprint density at radius 1 is 1.33 bits per heavy atom. The maximum absolute atomic E-state index is 6.13. The molecule has 0 saturated heterocycles. The summed E-state index contributed by atoms with van der Waals surface area (Å²) in [6.07, 6.45) is 0. The molecule has 0 unspecified atom stereocenters. The highest BCUT2D eigenvalue weighted by Crippen LogP contribution is 2.27. The second-order valence-corrected chi connectivity index (χ2v) is 3.48. The highest BCUT2D eigenvalue weighted by molar-refractivity contribution is 6.32. The van der Waals surface area contributed by atoms with Crippen molar-refractivity contribution in [3.05, 3.63) is 28.8 Å². The molecule has 1 N–H and O–H groups in total. The number of halogens is 1. The third-order valence-corrected chi connectivity index (χ3v) is 2.49. The predicted molar refractivity (Wildman–Crippen MR) is 61.6 cm³/mol. The van der Waals surface area contributed by atoms with E-state index in [2.05, 4.69) is 5.32 Å². The topological polar surface area (TPSA) is 30.5 Å². The number of hydrogen-bond acceptors (Lipinski definition) is 3. The Balaban J connectivity index is 2.53. The van der Waals surface area contributed by atoms with Crippen LogP contribution >= 0.6 is 11.6 Å². The molecule has 0 atom stereocenters. The molecule has 0 amide bonds. The number of methoxy groups -OCH3 is 2. The fraction of sp³-hybridized carbons (Fsp3) is 0.455. The number of hydrogen-bond donors (Lipinski definition) is 1. The van der Waals surface area contributed by atoms with Crippen molar-refractivity contribution in [2.45, 2.75) is 6.54 Å². The molecule has 4 heteroatoms. The van der Waals surface area contributed by atoms with Crippen LogP contribution in [0, 0.1) is 0 Å². The van der Waals surface area contributed by atoms with Crippen molar-refractivity contribution < 1.29 is 9.47 Å². The van der Waals surface area contributed by atoms with Crippen molar-refractivity contribution in [3.8, 4) is 5.75 Å².